The quantitative estimate of drug-likeness (QED) is 0.880. The van der Waals surface area contributed by atoms with Gasteiger partial charge in [0, 0.05) is 29.9 Å². The van der Waals surface area contributed by atoms with Gasteiger partial charge in [-0.1, -0.05) is 0 Å². The maximum absolute atomic E-state index is 5.34. The van der Waals surface area contributed by atoms with Gasteiger partial charge in [0.05, 0.1) is 12.3 Å². The van der Waals surface area contributed by atoms with Crippen LogP contribution in [0, 0.1) is 13.8 Å². The summed E-state index contributed by atoms with van der Waals surface area (Å²) in [5.74, 6) is 0. The number of nitrogens with zero attached hydrogens (tertiary/aromatic N) is 2. The highest BCUT2D eigenvalue weighted by atomic mass is 32.1. The molecule has 2 heterocycles. The third kappa shape index (κ3) is 4.29. The smallest absolute Gasteiger partial charge is 0.183 e. The molecule has 1 N–H and O–H groups in total. The van der Waals surface area contributed by atoms with E-state index < -0.39 is 0 Å². The summed E-state index contributed by atoms with van der Waals surface area (Å²) in [6.07, 6.45) is 0. The van der Waals surface area contributed by atoms with Gasteiger partial charge in [0.15, 0.2) is 5.13 Å². The number of pyridine rings is 1. The van der Waals surface area contributed by atoms with Crippen LogP contribution in [-0.4, -0.2) is 16.6 Å². The summed E-state index contributed by atoms with van der Waals surface area (Å²) in [5.41, 5.74) is 4.31. The lowest BCUT2D eigenvalue weighted by Gasteiger charge is -2.05. The van der Waals surface area contributed by atoms with E-state index >= 15 is 0 Å². The molecule has 0 fully saturated rings. The number of nitrogens with one attached hydrogen (secondary N) is 1. The molecule has 0 radical (unpaired) electrons. The van der Waals surface area contributed by atoms with Crippen LogP contribution >= 0.6 is 11.3 Å². The topological polar surface area (TPSA) is 47.0 Å². The summed E-state index contributed by atoms with van der Waals surface area (Å²) in [4.78, 5) is 8.84. The second-order valence-electron chi connectivity index (χ2n) is 4.39. The average Bonchev–Trinajstić information content (AvgIpc) is 2.81. The zero-order valence-electron chi connectivity index (χ0n) is 11.6. The summed E-state index contributed by atoms with van der Waals surface area (Å²) in [6, 6.07) is 4.18. The van der Waals surface area contributed by atoms with Crippen molar-refractivity contribution in [2.24, 2.45) is 0 Å². The van der Waals surface area contributed by atoms with E-state index in [9.17, 15) is 0 Å². The van der Waals surface area contributed by atoms with Crippen LogP contribution in [0.2, 0.25) is 0 Å². The first-order valence-corrected chi connectivity index (χ1v) is 7.25. The van der Waals surface area contributed by atoms with E-state index in [4.69, 9.17) is 4.74 Å². The summed E-state index contributed by atoms with van der Waals surface area (Å²) in [7, 11) is 0. The summed E-state index contributed by atoms with van der Waals surface area (Å²) < 4.78 is 5.34. The van der Waals surface area contributed by atoms with Gasteiger partial charge in [-0.2, -0.15) is 0 Å². The van der Waals surface area contributed by atoms with Gasteiger partial charge in [0.25, 0.3) is 0 Å². The van der Waals surface area contributed by atoms with E-state index in [-0.39, 0.29) is 0 Å². The van der Waals surface area contributed by atoms with Crippen LogP contribution in [0.4, 0.5) is 5.13 Å². The van der Waals surface area contributed by atoms with Crippen molar-refractivity contribution in [3.63, 3.8) is 0 Å². The average molecular weight is 277 g/mol. The number of aryl methyl sites for hydroxylation is 2. The highest BCUT2D eigenvalue weighted by Crippen LogP contribution is 2.17. The fourth-order valence-electron chi connectivity index (χ4n) is 1.86. The van der Waals surface area contributed by atoms with Gasteiger partial charge >= 0.3 is 0 Å². The zero-order chi connectivity index (χ0) is 13.7. The van der Waals surface area contributed by atoms with Gasteiger partial charge in [0.1, 0.15) is 0 Å². The molecule has 2 rings (SSSR count). The van der Waals surface area contributed by atoms with Crippen LogP contribution in [0.3, 0.4) is 0 Å². The molecule has 0 aliphatic heterocycles. The minimum Gasteiger partial charge on any atom is -0.375 e. The molecule has 0 bridgehead atoms. The van der Waals surface area contributed by atoms with Gasteiger partial charge in [-0.05, 0) is 38.5 Å². The molecule has 0 aliphatic carbocycles. The maximum Gasteiger partial charge on any atom is 0.183 e. The molecule has 0 aliphatic rings. The van der Waals surface area contributed by atoms with E-state index in [1.807, 2.05) is 26.2 Å². The van der Waals surface area contributed by atoms with E-state index in [1.165, 1.54) is 5.56 Å². The van der Waals surface area contributed by atoms with Crippen LogP contribution in [0.25, 0.3) is 0 Å². The molecule has 4 nitrogen and oxygen atoms in total. The Kier molecular flexibility index (Phi) is 4.87. The van der Waals surface area contributed by atoms with Crippen molar-refractivity contribution in [2.45, 2.75) is 33.9 Å². The Morgan fingerprint density at radius 2 is 1.95 bits per heavy atom. The van der Waals surface area contributed by atoms with E-state index in [0.717, 1.165) is 35.4 Å². The molecular weight excluding hydrogens is 258 g/mol. The van der Waals surface area contributed by atoms with Crippen molar-refractivity contribution in [3.05, 3.63) is 40.2 Å². The lowest BCUT2D eigenvalue weighted by molar-refractivity contribution is 0.132. The Morgan fingerprint density at radius 3 is 2.63 bits per heavy atom. The molecule has 0 unspecified atom stereocenters. The van der Waals surface area contributed by atoms with Gasteiger partial charge in [-0.15, -0.1) is 11.3 Å². The molecule has 0 atom stereocenters. The molecular formula is C14H19N3OS. The normalized spacial score (nSPS) is 10.7. The third-order valence-corrected chi connectivity index (χ3v) is 3.44. The SMILES string of the molecule is CCOCc1csc(NCc2cc(C)nc(C)c2)n1. The second kappa shape index (κ2) is 6.63. The standard InChI is InChI=1S/C14H19N3OS/c1-4-18-8-13-9-19-14(17-13)15-7-12-5-10(2)16-11(3)6-12/h5-6,9H,4,7-8H2,1-3H3,(H,15,17). The molecule has 5 heteroatoms. The van der Waals surface area contributed by atoms with Crippen molar-refractivity contribution in [1.82, 2.24) is 9.97 Å². The number of aromatic nitrogens is 2. The van der Waals surface area contributed by atoms with Gasteiger partial charge in [-0.3, -0.25) is 4.98 Å². The van der Waals surface area contributed by atoms with Gasteiger partial charge < -0.3 is 10.1 Å². The summed E-state index contributed by atoms with van der Waals surface area (Å²) >= 11 is 1.61. The molecule has 19 heavy (non-hydrogen) atoms. The summed E-state index contributed by atoms with van der Waals surface area (Å²) in [5, 5.41) is 6.30. The number of rotatable bonds is 6. The van der Waals surface area contributed by atoms with Gasteiger partial charge in [-0.25, -0.2) is 4.98 Å². The Bertz CT molecular complexity index is 519. The molecule has 0 saturated carbocycles. The maximum atomic E-state index is 5.34. The minimum absolute atomic E-state index is 0.585. The van der Waals surface area contributed by atoms with Crippen LogP contribution in [0.5, 0.6) is 0 Å². The van der Waals surface area contributed by atoms with Crippen LogP contribution in [-0.2, 0) is 17.9 Å². The predicted molar refractivity (Wildman–Crippen MR) is 78.5 cm³/mol. The first kappa shape index (κ1) is 14.0. The molecule has 2 aromatic rings. The fourth-order valence-corrected chi connectivity index (χ4v) is 2.56. The predicted octanol–water partition coefficient (Wildman–Crippen LogP) is 3.30. The van der Waals surface area contributed by atoms with Crippen molar-refractivity contribution >= 4 is 16.5 Å². The second-order valence-corrected chi connectivity index (χ2v) is 5.25. The lowest BCUT2D eigenvalue weighted by Crippen LogP contribution is -2.01. The largest absolute Gasteiger partial charge is 0.375 e. The van der Waals surface area contributed by atoms with Crippen LogP contribution in [0.1, 0.15) is 29.6 Å². The van der Waals surface area contributed by atoms with Crippen LogP contribution < -0.4 is 5.32 Å². The molecule has 0 spiro atoms. The van der Waals surface area contributed by atoms with E-state index in [0.29, 0.717) is 6.61 Å². The van der Waals surface area contributed by atoms with Crippen molar-refractivity contribution in [1.29, 1.82) is 0 Å². The number of ether oxygens (including phenoxy) is 1. The van der Waals surface area contributed by atoms with E-state index in [1.54, 1.807) is 11.3 Å². The molecule has 0 aromatic carbocycles. The third-order valence-electron chi connectivity index (χ3n) is 2.59. The molecule has 0 amide bonds. The first-order valence-electron chi connectivity index (χ1n) is 6.37. The Labute approximate surface area is 117 Å². The Hall–Kier alpha value is -1.46. The fraction of sp³-hybridized carbons (Fsp3) is 0.429. The lowest BCUT2D eigenvalue weighted by atomic mass is 10.2. The van der Waals surface area contributed by atoms with E-state index in [2.05, 4.69) is 27.4 Å². The highest BCUT2D eigenvalue weighted by molar-refractivity contribution is 7.13. The molecule has 0 saturated heterocycles. The Morgan fingerprint density at radius 1 is 1.21 bits per heavy atom. The van der Waals surface area contributed by atoms with Gasteiger partial charge in [0.2, 0.25) is 0 Å². The Balaban J connectivity index is 1.92. The molecule has 2 aromatic heterocycles. The van der Waals surface area contributed by atoms with Crippen molar-refractivity contribution in [2.75, 3.05) is 11.9 Å². The highest BCUT2D eigenvalue weighted by Gasteiger charge is 2.02. The summed E-state index contributed by atoms with van der Waals surface area (Å²) in [6.45, 7) is 8.09. The minimum atomic E-state index is 0.585. The zero-order valence-corrected chi connectivity index (χ0v) is 12.4. The van der Waals surface area contributed by atoms with Crippen molar-refractivity contribution in [3.8, 4) is 0 Å². The van der Waals surface area contributed by atoms with Crippen LogP contribution in [0.15, 0.2) is 17.5 Å². The number of hydrogen-bond acceptors (Lipinski definition) is 5. The number of thiazole rings is 1. The monoisotopic (exact) mass is 277 g/mol. The number of hydrogen-bond donors (Lipinski definition) is 1. The first-order chi connectivity index (χ1) is 9.17. The van der Waals surface area contributed by atoms with Crippen molar-refractivity contribution < 1.29 is 4.74 Å². The number of anilines is 1. The molecule has 102 valence electrons.